The van der Waals surface area contributed by atoms with Crippen molar-refractivity contribution in [2.75, 3.05) is 13.6 Å². The molecule has 0 saturated heterocycles. The van der Waals surface area contributed by atoms with Crippen LogP contribution in [0.2, 0.25) is 0 Å². The number of nitrogens with two attached hydrogens (primary N) is 1. The minimum Gasteiger partial charge on any atom is -0.329 e. The first-order chi connectivity index (χ1) is 9.03. The zero-order chi connectivity index (χ0) is 14.3. The Hall–Kier alpha value is -0.0800. The van der Waals surface area contributed by atoms with Gasteiger partial charge in [0.2, 0.25) is 0 Å². The molecule has 0 amide bonds. The highest BCUT2D eigenvalue weighted by molar-refractivity contribution is 4.91. The Kier molecular flexibility index (Phi) is 7.38. The normalized spacial score (nSPS) is 27.5. The smallest absolute Gasteiger partial charge is 0.0303 e. The summed E-state index contributed by atoms with van der Waals surface area (Å²) in [5, 5.41) is 0. The summed E-state index contributed by atoms with van der Waals surface area (Å²) < 4.78 is 0. The average Bonchev–Trinajstić information content (AvgIpc) is 2.42. The van der Waals surface area contributed by atoms with Gasteiger partial charge in [0.1, 0.15) is 0 Å². The summed E-state index contributed by atoms with van der Waals surface area (Å²) in [6.45, 7) is 7.84. The van der Waals surface area contributed by atoms with E-state index in [0.717, 1.165) is 18.5 Å². The molecule has 0 spiro atoms. The van der Waals surface area contributed by atoms with Crippen molar-refractivity contribution < 1.29 is 0 Å². The number of rotatable bonds is 8. The molecule has 19 heavy (non-hydrogen) atoms. The molecule has 0 heterocycles. The van der Waals surface area contributed by atoms with Crippen LogP contribution in [0.3, 0.4) is 0 Å². The predicted octanol–water partition coefficient (Wildman–Crippen LogP) is 4.18. The van der Waals surface area contributed by atoms with Crippen LogP contribution < -0.4 is 5.73 Å². The summed E-state index contributed by atoms with van der Waals surface area (Å²) in [7, 11) is 2.31. The standard InChI is InChI=1S/C17H36N2/c1-5-6-7-8-12-17(3,14-18)19(4)16-11-9-10-15(2)13-16/h15-16H,5-14,18H2,1-4H3. The Balaban J connectivity index is 2.50. The molecular formula is C17H36N2. The van der Waals surface area contributed by atoms with Gasteiger partial charge in [-0.1, -0.05) is 52.4 Å². The minimum atomic E-state index is 0.204. The summed E-state index contributed by atoms with van der Waals surface area (Å²) in [6, 6.07) is 0.753. The first kappa shape index (κ1) is 17.0. The van der Waals surface area contributed by atoms with Crippen LogP contribution in [0.5, 0.6) is 0 Å². The molecule has 2 N–H and O–H groups in total. The second-order valence-corrected chi connectivity index (χ2v) is 7.05. The fourth-order valence-electron chi connectivity index (χ4n) is 3.55. The molecular weight excluding hydrogens is 232 g/mol. The lowest BCUT2D eigenvalue weighted by molar-refractivity contribution is 0.0511. The van der Waals surface area contributed by atoms with Crippen molar-refractivity contribution in [3.63, 3.8) is 0 Å². The van der Waals surface area contributed by atoms with Crippen LogP contribution in [0.4, 0.5) is 0 Å². The molecule has 0 aromatic rings. The van der Waals surface area contributed by atoms with Gasteiger partial charge in [-0.15, -0.1) is 0 Å². The minimum absolute atomic E-state index is 0.204. The Morgan fingerprint density at radius 3 is 2.53 bits per heavy atom. The van der Waals surface area contributed by atoms with Gasteiger partial charge in [0, 0.05) is 18.1 Å². The van der Waals surface area contributed by atoms with Crippen LogP contribution in [0, 0.1) is 5.92 Å². The first-order valence-electron chi connectivity index (χ1n) is 8.46. The van der Waals surface area contributed by atoms with Gasteiger partial charge in [0.25, 0.3) is 0 Å². The fraction of sp³-hybridized carbons (Fsp3) is 1.00. The molecule has 1 aliphatic carbocycles. The Labute approximate surface area is 121 Å². The largest absolute Gasteiger partial charge is 0.329 e. The Morgan fingerprint density at radius 1 is 1.21 bits per heavy atom. The van der Waals surface area contributed by atoms with Crippen molar-refractivity contribution in [1.82, 2.24) is 4.90 Å². The number of nitrogens with zero attached hydrogens (tertiary/aromatic N) is 1. The number of likely N-dealkylation sites (N-methyl/N-ethyl adjacent to an activating group) is 1. The maximum atomic E-state index is 6.12. The van der Waals surface area contributed by atoms with Gasteiger partial charge in [0.05, 0.1) is 0 Å². The molecule has 1 saturated carbocycles. The molecule has 0 bridgehead atoms. The summed E-state index contributed by atoms with van der Waals surface area (Å²) in [5.41, 5.74) is 6.33. The van der Waals surface area contributed by atoms with Crippen molar-refractivity contribution >= 4 is 0 Å². The van der Waals surface area contributed by atoms with Crippen LogP contribution in [0.1, 0.15) is 78.6 Å². The van der Waals surface area contributed by atoms with Gasteiger partial charge >= 0.3 is 0 Å². The zero-order valence-corrected chi connectivity index (χ0v) is 13.8. The predicted molar refractivity (Wildman–Crippen MR) is 85.4 cm³/mol. The van der Waals surface area contributed by atoms with Crippen molar-refractivity contribution in [3.05, 3.63) is 0 Å². The van der Waals surface area contributed by atoms with Gasteiger partial charge in [-0.2, -0.15) is 0 Å². The molecule has 2 nitrogen and oxygen atoms in total. The monoisotopic (exact) mass is 268 g/mol. The Morgan fingerprint density at radius 2 is 1.95 bits per heavy atom. The number of unbranched alkanes of at least 4 members (excludes halogenated alkanes) is 3. The first-order valence-corrected chi connectivity index (χ1v) is 8.46. The Bertz CT molecular complexity index is 241. The highest BCUT2D eigenvalue weighted by Crippen LogP contribution is 2.32. The average molecular weight is 268 g/mol. The summed E-state index contributed by atoms with van der Waals surface area (Å²) in [5.74, 6) is 0.892. The molecule has 0 aliphatic heterocycles. The quantitative estimate of drug-likeness (QED) is 0.669. The van der Waals surface area contributed by atoms with Crippen LogP contribution in [-0.4, -0.2) is 30.1 Å². The van der Waals surface area contributed by atoms with Crippen LogP contribution in [-0.2, 0) is 0 Å². The number of hydrogen-bond acceptors (Lipinski definition) is 2. The molecule has 114 valence electrons. The summed E-state index contributed by atoms with van der Waals surface area (Å²) >= 11 is 0. The third-order valence-electron chi connectivity index (χ3n) is 5.32. The molecule has 3 atom stereocenters. The zero-order valence-electron chi connectivity index (χ0n) is 13.8. The molecule has 0 aromatic heterocycles. The second kappa shape index (κ2) is 8.26. The van der Waals surface area contributed by atoms with Gasteiger partial charge in [-0.05, 0) is 39.2 Å². The molecule has 0 aromatic carbocycles. The molecule has 0 radical (unpaired) electrons. The SMILES string of the molecule is CCCCCCC(C)(CN)N(C)C1CCCC(C)C1. The lowest BCUT2D eigenvalue weighted by Crippen LogP contribution is -2.54. The fourth-order valence-corrected chi connectivity index (χ4v) is 3.55. The van der Waals surface area contributed by atoms with E-state index >= 15 is 0 Å². The molecule has 2 heteroatoms. The van der Waals surface area contributed by atoms with Crippen LogP contribution in [0.15, 0.2) is 0 Å². The van der Waals surface area contributed by atoms with E-state index in [1.54, 1.807) is 0 Å². The van der Waals surface area contributed by atoms with Gasteiger partial charge in [-0.3, -0.25) is 4.90 Å². The highest BCUT2D eigenvalue weighted by atomic mass is 15.2. The van der Waals surface area contributed by atoms with Crippen LogP contribution in [0.25, 0.3) is 0 Å². The summed E-state index contributed by atoms with van der Waals surface area (Å²) in [4.78, 5) is 2.62. The molecule has 1 rings (SSSR count). The number of hydrogen-bond donors (Lipinski definition) is 1. The highest BCUT2D eigenvalue weighted by Gasteiger charge is 2.33. The van der Waals surface area contributed by atoms with Crippen molar-refractivity contribution in [2.45, 2.75) is 90.1 Å². The third kappa shape index (κ3) is 5.07. The van der Waals surface area contributed by atoms with Gasteiger partial charge in [0.15, 0.2) is 0 Å². The lowest BCUT2D eigenvalue weighted by Gasteiger charge is -2.45. The molecule has 1 aliphatic rings. The van der Waals surface area contributed by atoms with Gasteiger partial charge < -0.3 is 5.73 Å². The third-order valence-corrected chi connectivity index (χ3v) is 5.32. The van der Waals surface area contributed by atoms with E-state index in [2.05, 4.69) is 32.7 Å². The second-order valence-electron chi connectivity index (χ2n) is 7.05. The van der Waals surface area contributed by atoms with Gasteiger partial charge in [-0.25, -0.2) is 0 Å². The van der Waals surface area contributed by atoms with E-state index in [1.807, 2.05) is 0 Å². The van der Waals surface area contributed by atoms with E-state index in [-0.39, 0.29) is 5.54 Å². The summed E-state index contributed by atoms with van der Waals surface area (Å²) in [6.07, 6.45) is 12.2. The van der Waals surface area contributed by atoms with E-state index in [0.29, 0.717) is 0 Å². The van der Waals surface area contributed by atoms with E-state index in [1.165, 1.54) is 57.8 Å². The van der Waals surface area contributed by atoms with Crippen molar-refractivity contribution in [2.24, 2.45) is 11.7 Å². The van der Waals surface area contributed by atoms with E-state index < -0.39 is 0 Å². The maximum absolute atomic E-state index is 6.12. The van der Waals surface area contributed by atoms with Crippen molar-refractivity contribution in [1.29, 1.82) is 0 Å². The maximum Gasteiger partial charge on any atom is 0.0303 e. The topological polar surface area (TPSA) is 29.3 Å². The molecule has 1 fully saturated rings. The lowest BCUT2D eigenvalue weighted by atomic mass is 9.83. The van der Waals surface area contributed by atoms with E-state index in [4.69, 9.17) is 5.73 Å². The van der Waals surface area contributed by atoms with Crippen LogP contribution >= 0.6 is 0 Å². The van der Waals surface area contributed by atoms with E-state index in [9.17, 15) is 0 Å². The molecule has 3 unspecified atom stereocenters. The van der Waals surface area contributed by atoms with Crippen molar-refractivity contribution in [3.8, 4) is 0 Å².